The minimum absolute atomic E-state index is 0.00462. The van der Waals surface area contributed by atoms with Crippen LogP contribution in [0.5, 0.6) is 0 Å². The molecule has 1 aliphatic heterocycles. The minimum Gasteiger partial charge on any atom is -0.399 e. The molecule has 21 heavy (non-hydrogen) atoms. The van der Waals surface area contributed by atoms with Crippen LogP contribution in [0.1, 0.15) is 13.3 Å². The number of allylic oxidation sites excluding steroid dienone is 2. The van der Waals surface area contributed by atoms with E-state index >= 15 is 0 Å². The molecular weight excluding hydrogens is 325 g/mol. The molecule has 0 aromatic heterocycles. The van der Waals surface area contributed by atoms with Gasteiger partial charge in [-0.25, -0.2) is 13.8 Å². The Morgan fingerprint density at radius 1 is 1.52 bits per heavy atom. The van der Waals surface area contributed by atoms with Crippen molar-refractivity contribution in [1.29, 1.82) is 0 Å². The first-order valence-corrected chi connectivity index (χ1v) is 6.66. The monoisotopic (exact) mass is 336 g/mol. The second-order valence-corrected chi connectivity index (χ2v) is 5.80. The molecule has 0 aromatic rings. The lowest BCUT2D eigenvalue weighted by atomic mass is 9.85. The highest BCUT2D eigenvalue weighted by Gasteiger charge is 2.51. The summed E-state index contributed by atoms with van der Waals surface area (Å²) in [7, 11) is 0. The van der Waals surface area contributed by atoms with Crippen LogP contribution >= 0.6 is 23.2 Å². The van der Waals surface area contributed by atoms with Crippen LogP contribution in [-0.2, 0) is 4.79 Å². The van der Waals surface area contributed by atoms with Crippen molar-refractivity contribution in [2.45, 2.75) is 30.3 Å². The van der Waals surface area contributed by atoms with Crippen molar-refractivity contribution in [1.82, 2.24) is 0 Å². The molecule has 9 heteroatoms. The first kappa shape index (κ1) is 15.9. The molecule has 0 saturated carbocycles. The van der Waals surface area contributed by atoms with Crippen molar-refractivity contribution in [2.75, 3.05) is 0 Å². The smallest absolute Gasteiger partial charge is 0.273 e. The maximum absolute atomic E-state index is 13.9. The maximum Gasteiger partial charge on any atom is 0.273 e. The molecule has 0 spiro atoms. The van der Waals surface area contributed by atoms with E-state index in [0.29, 0.717) is 0 Å². The number of halogens is 4. The zero-order valence-electron chi connectivity index (χ0n) is 10.9. The number of hydrogen-bond acceptors (Lipinski definition) is 4. The summed E-state index contributed by atoms with van der Waals surface area (Å²) >= 11 is 12.0. The number of amides is 1. The molecule has 1 aliphatic carbocycles. The summed E-state index contributed by atoms with van der Waals surface area (Å²) < 4.78 is 27.8. The average Bonchev–Trinajstić information content (AvgIpc) is 2.33. The van der Waals surface area contributed by atoms with Crippen molar-refractivity contribution in [3.05, 3.63) is 22.9 Å². The van der Waals surface area contributed by atoms with Gasteiger partial charge in [-0.1, -0.05) is 23.2 Å². The molecule has 0 saturated heterocycles. The molecule has 1 amide bonds. The highest BCUT2D eigenvalue weighted by atomic mass is 35.5. The highest BCUT2D eigenvalue weighted by molar-refractivity contribution is 6.80. The third-order valence-corrected chi connectivity index (χ3v) is 4.05. The molecule has 0 radical (unpaired) electrons. The summed E-state index contributed by atoms with van der Waals surface area (Å²) in [6.45, 7) is 1.26. The number of primary amides is 1. The van der Waals surface area contributed by atoms with Crippen LogP contribution in [0.25, 0.3) is 0 Å². The summed E-state index contributed by atoms with van der Waals surface area (Å²) in [5.74, 6) is -4.06. The van der Waals surface area contributed by atoms with Crippen LogP contribution in [0, 0.1) is 0 Å². The Hall–Kier alpha value is -1.47. The fourth-order valence-electron chi connectivity index (χ4n) is 2.19. The van der Waals surface area contributed by atoms with E-state index in [1.807, 2.05) is 0 Å². The van der Waals surface area contributed by atoms with E-state index in [1.165, 1.54) is 6.92 Å². The lowest BCUT2D eigenvalue weighted by molar-refractivity contribution is -0.119. The summed E-state index contributed by atoms with van der Waals surface area (Å²) in [5.41, 5.74) is 10.7. The molecule has 2 rings (SSSR count). The Morgan fingerprint density at radius 2 is 2.14 bits per heavy atom. The van der Waals surface area contributed by atoms with Gasteiger partial charge in [0, 0.05) is 17.7 Å². The zero-order valence-corrected chi connectivity index (χ0v) is 12.4. The summed E-state index contributed by atoms with van der Waals surface area (Å²) in [5, 5.41) is -0.127. The molecule has 0 fully saturated rings. The number of carbonyl (C=O) groups is 1. The molecule has 1 heterocycles. The van der Waals surface area contributed by atoms with Crippen LogP contribution in [0.15, 0.2) is 32.9 Å². The molecule has 2 atom stereocenters. The predicted octanol–water partition coefficient (Wildman–Crippen LogP) is 1.70. The quantitative estimate of drug-likeness (QED) is 0.593. The van der Waals surface area contributed by atoms with Gasteiger partial charge in [0.05, 0.1) is 6.21 Å². The third kappa shape index (κ3) is 2.67. The largest absolute Gasteiger partial charge is 0.399 e. The second kappa shape index (κ2) is 5.06. The number of rotatable bonds is 2. The van der Waals surface area contributed by atoms with E-state index in [9.17, 15) is 13.6 Å². The third-order valence-electron chi connectivity index (χ3n) is 3.35. The molecule has 0 bridgehead atoms. The van der Waals surface area contributed by atoms with Gasteiger partial charge < -0.3 is 11.5 Å². The van der Waals surface area contributed by atoms with Crippen LogP contribution < -0.4 is 11.5 Å². The van der Waals surface area contributed by atoms with Crippen molar-refractivity contribution >= 4 is 40.5 Å². The number of alkyl halides is 3. The van der Waals surface area contributed by atoms with E-state index in [1.54, 1.807) is 0 Å². The van der Waals surface area contributed by atoms with Crippen molar-refractivity contribution in [3.63, 3.8) is 0 Å². The van der Waals surface area contributed by atoms with Gasteiger partial charge in [-0.05, 0) is 18.6 Å². The van der Waals surface area contributed by atoms with Gasteiger partial charge in [0.25, 0.3) is 5.92 Å². The normalized spacial score (nSPS) is 31.8. The number of nitrogens with zero attached hydrogens (tertiary/aromatic N) is 2. The molecule has 0 aromatic carbocycles. The number of hydrogen-bond donors (Lipinski definition) is 2. The SMILES string of the molecule is CC1=CC(N)=C(C2(Cl)N=C(Cl)C=NC2C(N)=O)CC1(F)F. The Kier molecular flexibility index (Phi) is 3.84. The molecular formula is C12H12Cl2F2N4O. The number of nitrogens with two attached hydrogens (primary N) is 2. The average molecular weight is 337 g/mol. The molecule has 4 N–H and O–H groups in total. The minimum atomic E-state index is -3.15. The van der Waals surface area contributed by atoms with Crippen LogP contribution in [0.3, 0.4) is 0 Å². The summed E-state index contributed by atoms with van der Waals surface area (Å²) in [6, 6.07) is -1.36. The lowest BCUT2D eigenvalue weighted by Crippen LogP contribution is -2.49. The first-order chi connectivity index (χ1) is 9.58. The topological polar surface area (TPSA) is 93.8 Å². The van der Waals surface area contributed by atoms with Crippen LogP contribution in [-0.4, -0.2) is 34.3 Å². The van der Waals surface area contributed by atoms with E-state index in [4.69, 9.17) is 34.7 Å². The van der Waals surface area contributed by atoms with Crippen LogP contribution in [0.2, 0.25) is 0 Å². The molecule has 5 nitrogen and oxygen atoms in total. The second-order valence-electron chi connectivity index (χ2n) is 4.83. The van der Waals surface area contributed by atoms with Crippen LogP contribution in [0.4, 0.5) is 8.78 Å². The Labute approximate surface area is 129 Å². The fraction of sp³-hybridized carbons (Fsp3) is 0.417. The number of aliphatic imine (C=N–C) groups is 2. The van der Waals surface area contributed by atoms with Crippen molar-refractivity contribution < 1.29 is 13.6 Å². The van der Waals surface area contributed by atoms with Gasteiger partial charge in [0.1, 0.15) is 5.17 Å². The highest BCUT2D eigenvalue weighted by Crippen LogP contribution is 2.45. The van der Waals surface area contributed by atoms with Gasteiger partial charge in [-0.2, -0.15) is 0 Å². The Morgan fingerprint density at radius 3 is 2.71 bits per heavy atom. The van der Waals surface area contributed by atoms with Gasteiger partial charge in [-0.3, -0.25) is 9.79 Å². The molecule has 2 unspecified atom stereocenters. The van der Waals surface area contributed by atoms with Crippen molar-refractivity contribution in [2.24, 2.45) is 21.5 Å². The maximum atomic E-state index is 13.9. The van der Waals surface area contributed by atoms with E-state index in [2.05, 4.69) is 9.98 Å². The first-order valence-electron chi connectivity index (χ1n) is 5.90. The van der Waals surface area contributed by atoms with E-state index < -0.39 is 29.3 Å². The molecule has 2 aliphatic rings. The van der Waals surface area contributed by atoms with Gasteiger partial charge in [-0.15, -0.1) is 0 Å². The number of carbonyl (C=O) groups excluding carboxylic acids is 1. The van der Waals surface area contributed by atoms with Gasteiger partial charge in [0.2, 0.25) is 5.91 Å². The van der Waals surface area contributed by atoms with E-state index in [0.717, 1.165) is 12.3 Å². The fourth-order valence-corrected chi connectivity index (χ4v) is 2.85. The summed E-state index contributed by atoms with van der Waals surface area (Å²) in [6.07, 6.45) is 1.41. The predicted molar refractivity (Wildman–Crippen MR) is 77.9 cm³/mol. The zero-order chi connectivity index (χ0) is 16.0. The van der Waals surface area contributed by atoms with Gasteiger partial charge in [0.15, 0.2) is 11.0 Å². The van der Waals surface area contributed by atoms with Crippen molar-refractivity contribution in [3.8, 4) is 0 Å². The molecule has 114 valence electrons. The van der Waals surface area contributed by atoms with E-state index in [-0.39, 0.29) is 22.0 Å². The standard InChI is InChI=1S/C12H12Cl2F2N4O/c1-5-2-7(17)6(3-11(5,15)16)12(14)9(10(18)21)19-4-8(13)20-12/h2,4,9H,3,17H2,1H3,(H2,18,21). The Bertz CT molecular complexity index is 627. The van der Waals surface area contributed by atoms with Gasteiger partial charge >= 0.3 is 0 Å². The Balaban J connectivity index is 2.59. The summed E-state index contributed by atoms with van der Waals surface area (Å²) in [4.78, 5) is 17.2. The lowest BCUT2D eigenvalue weighted by Gasteiger charge is -2.36.